The quantitative estimate of drug-likeness (QED) is 0.686. The molecule has 0 aromatic carbocycles. The Labute approximate surface area is 155 Å². The summed E-state index contributed by atoms with van der Waals surface area (Å²) in [6.45, 7) is 2.21. The van der Waals surface area contributed by atoms with Crippen LogP contribution in [0, 0.1) is 0 Å². The summed E-state index contributed by atoms with van der Waals surface area (Å²) in [6, 6.07) is 7.28. The number of hydrogen-bond donors (Lipinski definition) is 2. The van der Waals surface area contributed by atoms with Gasteiger partial charge in [-0.2, -0.15) is 0 Å². The number of anilines is 1. The second kappa shape index (κ2) is 5.94. The van der Waals surface area contributed by atoms with E-state index >= 15 is 0 Å². The van der Waals surface area contributed by atoms with Gasteiger partial charge in [-0.25, -0.2) is 15.0 Å². The van der Waals surface area contributed by atoms with Crippen LogP contribution in [-0.2, 0) is 4.79 Å². The Kier molecular flexibility index (Phi) is 3.53. The highest BCUT2D eigenvalue weighted by atomic mass is 16.3. The van der Waals surface area contributed by atoms with Crippen LogP contribution in [0.1, 0.15) is 24.5 Å². The zero-order valence-electron chi connectivity index (χ0n) is 14.7. The number of nitrogens with zero attached hydrogens (tertiary/aromatic N) is 5. The number of fused-ring (bicyclic) bond motifs is 1. The standard InChI is InChI=1S/C19H20N6O2/c26-12-25-8-2-7-24(18-13-5-6-20-17(13)21-11-22-18)10-19(25)9-14(19)15-3-1-4-16(27)23-15/h1,3-6,11-12,14H,2,7-10H2,(H,23,27)(H,20,21,22). The summed E-state index contributed by atoms with van der Waals surface area (Å²) in [7, 11) is 0. The van der Waals surface area contributed by atoms with Gasteiger partial charge in [0.1, 0.15) is 17.8 Å². The molecule has 1 amide bonds. The fourth-order valence-corrected chi connectivity index (χ4v) is 4.40. The molecule has 2 unspecified atom stereocenters. The van der Waals surface area contributed by atoms with Crippen LogP contribution in [0.5, 0.6) is 5.88 Å². The molecule has 2 atom stereocenters. The summed E-state index contributed by atoms with van der Waals surface area (Å²) in [6.07, 6.45) is 6.10. The minimum Gasteiger partial charge on any atom is -0.493 e. The summed E-state index contributed by atoms with van der Waals surface area (Å²) in [5, 5.41) is 10.7. The number of rotatable bonds is 3. The molecule has 0 bridgehead atoms. The second-order valence-electron chi connectivity index (χ2n) is 7.29. The second-order valence-corrected chi connectivity index (χ2v) is 7.29. The number of nitrogens with one attached hydrogen (secondary N) is 1. The van der Waals surface area contributed by atoms with Gasteiger partial charge in [0.15, 0.2) is 0 Å². The molecule has 1 saturated heterocycles. The first-order valence-corrected chi connectivity index (χ1v) is 9.12. The number of carbonyl (C=O) groups is 1. The van der Waals surface area contributed by atoms with Gasteiger partial charge in [0, 0.05) is 37.8 Å². The van der Waals surface area contributed by atoms with Crippen molar-refractivity contribution in [3.63, 3.8) is 0 Å². The number of hydrogen-bond acceptors (Lipinski definition) is 6. The van der Waals surface area contributed by atoms with Crippen LogP contribution in [0.2, 0.25) is 0 Å². The van der Waals surface area contributed by atoms with Gasteiger partial charge in [-0.05, 0) is 25.0 Å². The Morgan fingerprint density at radius 3 is 3.04 bits per heavy atom. The Bertz CT molecular complexity index is 1000. The summed E-state index contributed by atoms with van der Waals surface area (Å²) in [5.74, 6) is 1.02. The van der Waals surface area contributed by atoms with Crippen LogP contribution < -0.4 is 4.90 Å². The molecule has 8 heteroatoms. The van der Waals surface area contributed by atoms with Crippen molar-refractivity contribution in [2.24, 2.45) is 0 Å². The van der Waals surface area contributed by atoms with E-state index in [1.165, 1.54) is 0 Å². The van der Waals surface area contributed by atoms with E-state index in [1.54, 1.807) is 18.5 Å². The molecule has 3 aromatic heterocycles. The molecule has 2 aliphatic rings. The zero-order valence-corrected chi connectivity index (χ0v) is 14.7. The predicted molar refractivity (Wildman–Crippen MR) is 99.5 cm³/mol. The topological polar surface area (TPSA) is 98.2 Å². The highest BCUT2D eigenvalue weighted by Gasteiger charge is 2.61. The lowest BCUT2D eigenvalue weighted by Crippen LogP contribution is -2.44. The first kappa shape index (κ1) is 16.0. The molecule has 3 aromatic rings. The van der Waals surface area contributed by atoms with Gasteiger partial charge in [0.2, 0.25) is 12.3 Å². The van der Waals surface area contributed by atoms with E-state index < -0.39 is 0 Å². The van der Waals surface area contributed by atoms with Crippen LogP contribution in [0.4, 0.5) is 5.82 Å². The molecule has 4 heterocycles. The third-order valence-corrected chi connectivity index (χ3v) is 5.78. The van der Waals surface area contributed by atoms with E-state index in [2.05, 4.69) is 24.8 Å². The third-order valence-electron chi connectivity index (χ3n) is 5.78. The lowest BCUT2D eigenvalue weighted by atomic mass is 10.1. The maximum Gasteiger partial charge on any atom is 0.210 e. The monoisotopic (exact) mass is 364 g/mol. The number of carbonyl (C=O) groups excluding carboxylic acids is 1. The van der Waals surface area contributed by atoms with Crippen molar-refractivity contribution in [1.82, 2.24) is 24.8 Å². The smallest absolute Gasteiger partial charge is 0.210 e. The number of aromatic amines is 1. The van der Waals surface area contributed by atoms with Crippen molar-refractivity contribution >= 4 is 23.3 Å². The van der Waals surface area contributed by atoms with Gasteiger partial charge >= 0.3 is 0 Å². The third kappa shape index (κ3) is 2.51. The molecule has 138 valence electrons. The Morgan fingerprint density at radius 1 is 1.26 bits per heavy atom. The van der Waals surface area contributed by atoms with Gasteiger partial charge < -0.3 is 19.9 Å². The lowest BCUT2D eigenvalue weighted by molar-refractivity contribution is -0.120. The van der Waals surface area contributed by atoms with Gasteiger partial charge in [-0.3, -0.25) is 4.79 Å². The largest absolute Gasteiger partial charge is 0.493 e. The number of aromatic nitrogens is 4. The van der Waals surface area contributed by atoms with Crippen molar-refractivity contribution in [2.75, 3.05) is 24.5 Å². The van der Waals surface area contributed by atoms with Crippen LogP contribution in [0.25, 0.3) is 11.0 Å². The highest BCUT2D eigenvalue weighted by molar-refractivity contribution is 5.87. The summed E-state index contributed by atoms with van der Waals surface area (Å²) in [4.78, 5) is 32.2. The SMILES string of the molecule is O=CN1CCCN(c2ncnc3[nH]ccc23)CC12CC2c1cccc(O)n1. The first-order valence-electron chi connectivity index (χ1n) is 9.12. The van der Waals surface area contributed by atoms with Gasteiger partial charge in [0.25, 0.3) is 0 Å². The molecule has 1 saturated carbocycles. The van der Waals surface area contributed by atoms with E-state index in [0.717, 1.165) is 48.3 Å². The van der Waals surface area contributed by atoms with Crippen molar-refractivity contribution in [2.45, 2.75) is 24.3 Å². The minimum absolute atomic E-state index is 0.0162. The van der Waals surface area contributed by atoms with Crippen LogP contribution >= 0.6 is 0 Å². The first-order chi connectivity index (χ1) is 13.2. The average molecular weight is 364 g/mol. The van der Waals surface area contributed by atoms with Crippen molar-refractivity contribution in [3.05, 3.63) is 42.5 Å². The highest BCUT2D eigenvalue weighted by Crippen LogP contribution is 2.56. The maximum atomic E-state index is 11.8. The fourth-order valence-electron chi connectivity index (χ4n) is 4.40. The molecular weight excluding hydrogens is 344 g/mol. The van der Waals surface area contributed by atoms with Gasteiger partial charge in [0.05, 0.1) is 16.6 Å². The zero-order chi connectivity index (χ0) is 18.4. The number of pyridine rings is 1. The van der Waals surface area contributed by atoms with Crippen molar-refractivity contribution < 1.29 is 9.90 Å². The normalized spacial score (nSPS) is 25.0. The average Bonchev–Trinajstić information content (AvgIpc) is 3.26. The molecule has 27 heavy (non-hydrogen) atoms. The van der Waals surface area contributed by atoms with E-state index in [9.17, 15) is 9.90 Å². The molecule has 1 aliphatic carbocycles. The summed E-state index contributed by atoms with van der Waals surface area (Å²) < 4.78 is 0. The van der Waals surface area contributed by atoms with Crippen LogP contribution in [0.3, 0.4) is 0 Å². The predicted octanol–water partition coefficient (Wildman–Crippen LogP) is 1.65. The van der Waals surface area contributed by atoms with Crippen LogP contribution in [-0.4, -0.2) is 61.5 Å². The van der Waals surface area contributed by atoms with E-state index in [-0.39, 0.29) is 17.3 Å². The summed E-state index contributed by atoms with van der Waals surface area (Å²) in [5.41, 5.74) is 1.33. The number of amides is 1. The van der Waals surface area contributed by atoms with Gasteiger partial charge in [-0.15, -0.1) is 0 Å². The van der Waals surface area contributed by atoms with E-state index in [0.29, 0.717) is 13.1 Å². The maximum absolute atomic E-state index is 11.8. The summed E-state index contributed by atoms with van der Waals surface area (Å²) >= 11 is 0. The van der Waals surface area contributed by atoms with Crippen molar-refractivity contribution in [3.8, 4) is 5.88 Å². The number of H-pyrrole nitrogens is 1. The van der Waals surface area contributed by atoms with Crippen LogP contribution in [0.15, 0.2) is 36.8 Å². The Balaban J connectivity index is 1.52. The molecule has 8 nitrogen and oxygen atoms in total. The Morgan fingerprint density at radius 2 is 2.19 bits per heavy atom. The fraction of sp³-hybridized carbons (Fsp3) is 0.368. The van der Waals surface area contributed by atoms with E-state index in [1.807, 2.05) is 23.2 Å². The number of aromatic hydroxyl groups is 1. The molecule has 1 spiro atoms. The Hall–Kier alpha value is -3.16. The molecule has 5 rings (SSSR count). The van der Waals surface area contributed by atoms with Gasteiger partial charge in [-0.1, -0.05) is 6.07 Å². The molecular formula is C19H20N6O2. The molecule has 1 aliphatic heterocycles. The lowest BCUT2D eigenvalue weighted by Gasteiger charge is -2.31. The minimum atomic E-state index is -0.313. The molecule has 2 N–H and O–H groups in total. The molecule has 0 radical (unpaired) electrons. The van der Waals surface area contributed by atoms with E-state index in [4.69, 9.17) is 0 Å². The van der Waals surface area contributed by atoms with Crippen molar-refractivity contribution in [1.29, 1.82) is 0 Å². The molecule has 2 fully saturated rings.